The number of benzene rings is 1. The highest BCUT2D eigenvalue weighted by molar-refractivity contribution is 9.10. The van der Waals surface area contributed by atoms with E-state index in [2.05, 4.69) is 15.9 Å². The zero-order chi connectivity index (χ0) is 15.7. The summed E-state index contributed by atoms with van der Waals surface area (Å²) in [5.74, 6) is -0.721. The van der Waals surface area contributed by atoms with Gasteiger partial charge in [-0.25, -0.2) is 4.79 Å². The Labute approximate surface area is 138 Å². The van der Waals surface area contributed by atoms with Gasteiger partial charge in [-0.15, -0.1) is 11.3 Å². The summed E-state index contributed by atoms with van der Waals surface area (Å²) >= 11 is 4.70. The van der Waals surface area contributed by atoms with Crippen molar-refractivity contribution in [2.45, 2.75) is 6.92 Å². The minimum atomic E-state index is -0.630. The van der Waals surface area contributed by atoms with Gasteiger partial charge in [0.05, 0.1) is 4.88 Å². The van der Waals surface area contributed by atoms with Crippen molar-refractivity contribution in [3.05, 3.63) is 56.4 Å². The third-order valence-corrected chi connectivity index (χ3v) is 4.62. The Morgan fingerprint density at radius 3 is 2.86 bits per heavy atom. The summed E-state index contributed by atoms with van der Waals surface area (Å²) < 4.78 is 11.5. The van der Waals surface area contributed by atoms with Crippen LogP contribution in [0.3, 0.4) is 0 Å². The second-order valence-corrected chi connectivity index (χ2v) is 6.54. The smallest absolute Gasteiger partial charge is 0.375 e. The fourth-order valence-corrected chi connectivity index (χ4v) is 3.11. The molecule has 1 aromatic carbocycles. The molecule has 6 heteroatoms. The molecule has 0 fully saturated rings. The van der Waals surface area contributed by atoms with Gasteiger partial charge in [-0.2, -0.15) is 0 Å². The van der Waals surface area contributed by atoms with E-state index in [0.717, 1.165) is 9.86 Å². The number of ether oxygens (including phenoxy) is 1. The summed E-state index contributed by atoms with van der Waals surface area (Å²) in [4.78, 5) is 24.5. The van der Waals surface area contributed by atoms with Gasteiger partial charge >= 0.3 is 5.97 Å². The molecule has 112 valence electrons. The minimum absolute atomic E-state index is 0.132. The molecule has 0 aliphatic carbocycles. The molecule has 0 amide bonds. The lowest BCUT2D eigenvalue weighted by Gasteiger charge is -2.01. The number of aryl methyl sites for hydroxylation is 1. The molecular weight excluding hydrogens is 368 g/mol. The third-order valence-electron chi connectivity index (χ3n) is 3.21. The molecule has 0 aliphatic rings. The van der Waals surface area contributed by atoms with Gasteiger partial charge in [-0.1, -0.05) is 22.0 Å². The average Bonchev–Trinajstić information content (AvgIpc) is 3.14. The van der Waals surface area contributed by atoms with Gasteiger partial charge in [-0.05, 0) is 36.6 Å². The first-order chi connectivity index (χ1) is 10.6. The highest BCUT2D eigenvalue weighted by Gasteiger charge is 2.20. The van der Waals surface area contributed by atoms with Crippen molar-refractivity contribution < 1.29 is 18.7 Å². The first kappa shape index (κ1) is 15.0. The van der Waals surface area contributed by atoms with E-state index in [-0.39, 0.29) is 18.2 Å². The van der Waals surface area contributed by atoms with E-state index in [4.69, 9.17) is 9.15 Å². The third kappa shape index (κ3) is 2.84. The Hall–Kier alpha value is -1.92. The minimum Gasteiger partial charge on any atom is -0.451 e. The fraction of sp³-hybridized carbons (Fsp3) is 0.125. The lowest BCUT2D eigenvalue weighted by molar-refractivity contribution is 0.0446. The van der Waals surface area contributed by atoms with Gasteiger partial charge in [0.15, 0.2) is 6.61 Å². The quantitative estimate of drug-likeness (QED) is 0.491. The summed E-state index contributed by atoms with van der Waals surface area (Å²) in [6.45, 7) is 1.50. The number of halogens is 1. The lowest BCUT2D eigenvalue weighted by atomic mass is 10.1. The van der Waals surface area contributed by atoms with Crippen molar-refractivity contribution in [3.8, 4) is 0 Å². The van der Waals surface area contributed by atoms with Crippen LogP contribution in [-0.2, 0) is 4.74 Å². The van der Waals surface area contributed by atoms with Crippen molar-refractivity contribution >= 4 is 50.0 Å². The van der Waals surface area contributed by atoms with E-state index < -0.39 is 5.97 Å². The summed E-state index contributed by atoms with van der Waals surface area (Å²) in [5, 5.41) is 2.64. The predicted octanol–water partition coefficient (Wildman–Crippen LogP) is 4.60. The van der Waals surface area contributed by atoms with Crippen molar-refractivity contribution in [2.24, 2.45) is 0 Å². The molecule has 0 spiro atoms. The number of furan rings is 1. The molecule has 0 N–H and O–H groups in total. The van der Waals surface area contributed by atoms with Crippen LogP contribution in [0.2, 0.25) is 0 Å². The molecule has 0 bridgehead atoms. The van der Waals surface area contributed by atoms with Crippen LogP contribution in [-0.4, -0.2) is 18.4 Å². The molecule has 3 aromatic rings. The maximum absolute atomic E-state index is 12.1. The van der Waals surface area contributed by atoms with Crippen LogP contribution in [0.5, 0.6) is 0 Å². The van der Waals surface area contributed by atoms with Gasteiger partial charge in [0.1, 0.15) is 5.58 Å². The van der Waals surface area contributed by atoms with E-state index in [1.807, 2.05) is 12.1 Å². The van der Waals surface area contributed by atoms with Crippen LogP contribution < -0.4 is 0 Å². The van der Waals surface area contributed by atoms with E-state index in [1.54, 1.807) is 30.5 Å². The lowest BCUT2D eigenvalue weighted by Crippen LogP contribution is -2.13. The Kier molecular flexibility index (Phi) is 4.13. The van der Waals surface area contributed by atoms with Crippen LogP contribution in [0.1, 0.15) is 25.8 Å². The van der Waals surface area contributed by atoms with Crippen molar-refractivity contribution in [1.29, 1.82) is 0 Å². The summed E-state index contributed by atoms with van der Waals surface area (Å²) in [6, 6.07) is 8.97. The maximum Gasteiger partial charge on any atom is 0.375 e. The summed E-state index contributed by atoms with van der Waals surface area (Å²) in [6.07, 6.45) is 0. The standard InChI is InChI=1S/C16H11BrO4S/c1-9-11-7-10(17)4-5-13(11)21-15(9)16(19)20-8-12(18)14-3-2-6-22-14/h2-7H,8H2,1H3. The number of hydrogen-bond acceptors (Lipinski definition) is 5. The van der Waals surface area contributed by atoms with Gasteiger partial charge < -0.3 is 9.15 Å². The maximum atomic E-state index is 12.1. The number of carbonyl (C=O) groups excluding carboxylic acids is 2. The number of hydrogen-bond donors (Lipinski definition) is 0. The van der Waals surface area contributed by atoms with E-state index >= 15 is 0 Å². The van der Waals surface area contributed by atoms with Gasteiger partial charge in [0.2, 0.25) is 11.5 Å². The second kappa shape index (κ2) is 6.06. The molecule has 0 saturated carbocycles. The van der Waals surface area contributed by atoms with E-state index in [1.165, 1.54) is 11.3 Å². The Morgan fingerprint density at radius 2 is 2.14 bits per heavy atom. The van der Waals surface area contributed by atoms with Crippen molar-refractivity contribution in [2.75, 3.05) is 6.61 Å². The van der Waals surface area contributed by atoms with Crippen molar-refractivity contribution in [1.82, 2.24) is 0 Å². The van der Waals surface area contributed by atoms with Crippen LogP contribution in [0, 0.1) is 6.92 Å². The number of ketones is 1. The van der Waals surface area contributed by atoms with Gasteiger partial charge in [0, 0.05) is 15.4 Å². The molecule has 4 nitrogen and oxygen atoms in total. The zero-order valence-corrected chi connectivity index (χ0v) is 14.0. The number of carbonyl (C=O) groups is 2. The number of fused-ring (bicyclic) bond motifs is 1. The average molecular weight is 379 g/mol. The number of rotatable bonds is 4. The molecule has 2 heterocycles. The Balaban J connectivity index is 1.78. The molecular formula is C16H11BrO4S. The first-order valence-electron chi connectivity index (χ1n) is 6.49. The molecule has 22 heavy (non-hydrogen) atoms. The van der Waals surface area contributed by atoms with Gasteiger partial charge in [-0.3, -0.25) is 4.79 Å². The molecule has 0 saturated heterocycles. The molecule has 0 aliphatic heterocycles. The molecule has 0 atom stereocenters. The van der Waals surface area contributed by atoms with E-state index in [0.29, 0.717) is 16.0 Å². The number of thiophene rings is 1. The molecule has 3 rings (SSSR count). The first-order valence-corrected chi connectivity index (χ1v) is 8.16. The molecule has 2 aromatic heterocycles. The van der Waals surface area contributed by atoms with Crippen LogP contribution in [0.25, 0.3) is 11.0 Å². The largest absolute Gasteiger partial charge is 0.451 e. The summed E-state index contributed by atoms with van der Waals surface area (Å²) in [7, 11) is 0. The number of Topliss-reactive ketones (excluding diaryl/α,β-unsaturated/α-hetero) is 1. The molecule has 0 radical (unpaired) electrons. The highest BCUT2D eigenvalue weighted by Crippen LogP contribution is 2.28. The summed E-state index contributed by atoms with van der Waals surface area (Å²) in [5.41, 5.74) is 1.31. The topological polar surface area (TPSA) is 56.5 Å². The molecule has 0 unspecified atom stereocenters. The Morgan fingerprint density at radius 1 is 1.32 bits per heavy atom. The normalized spacial score (nSPS) is 10.8. The van der Waals surface area contributed by atoms with Crippen molar-refractivity contribution in [3.63, 3.8) is 0 Å². The monoisotopic (exact) mass is 378 g/mol. The SMILES string of the molecule is Cc1c(C(=O)OCC(=O)c2cccs2)oc2ccc(Br)cc12. The zero-order valence-electron chi connectivity index (χ0n) is 11.6. The van der Waals surface area contributed by atoms with Crippen LogP contribution in [0.15, 0.2) is 44.6 Å². The predicted molar refractivity (Wildman–Crippen MR) is 87.6 cm³/mol. The van der Waals surface area contributed by atoms with Gasteiger partial charge in [0.25, 0.3) is 0 Å². The fourth-order valence-electron chi connectivity index (χ4n) is 2.09. The Bertz CT molecular complexity index is 849. The highest BCUT2D eigenvalue weighted by atomic mass is 79.9. The van der Waals surface area contributed by atoms with Crippen LogP contribution in [0.4, 0.5) is 0 Å². The number of esters is 1. The van der Waals surface area contributed by atoms with Crippen LogP contribution >= 0.6 is 27.3 Å². The van der Waals surface area contributed by atoms with E-state index in [9.17, 15) is 9.59 Å². The second-order valence-electron chi connectivity index (χ2n) is 4.67.